The van der Waals surface area contributed by atoms with Gasteiger partial charge in [0.2, 0.25) is 17.8 Å². The minimum absolute atomic E-state index is 0.0484. The van der Waals surface area contributed by atoms with E-state index in [1.54, 1.807) is 18.2 Å². The van der Waals surface area contributed by atoms with Gasteiger partial charge in [-0.1, -0.05) is 6.07 Å². The first-order chi connectivity index (χ1) is 18.9. The number of para-hydroxylation sites is 1. The van der Waals surface area contributed by atoms with Gasteiger partial charge in [-0.2, -0.15) is 15.0 Å². The highest BCUT2D eigenvalue weighted by Crippen LogP contribution is 2.33. The highest BCUT2D eigenvalue weighted by molar-refractivity contribution is 5.84. The number of benzene rings is 1. The lowest BCUT2D eigenvalue weighted by molar-refractivity contribution is 0.122. The Morgan fingerprint density at radius 1 is 1.10 bits per heavy atom. The zero-order valence-corrected chi connectivity index (χ0v) is 21.8. The molecule has 15 heteroatoms. The van der Waals surface area contributed by atoms with Crippen LogP contribution in [0.2, 0.25) is 0 Å². The molecule has 1 aromatic carbocycles. The summed E-state index contributed by atoms with van der Waals surface area (Å²) in [6.07, 6.45) is -1.45. The van der Waals surface area contributed by atoms with Gasteiger partial charge in [-0.15, -0.1) is 0 Å². The number of ether oxygens (including phenoxy) is 2. The molecular weight excluding hydrogens is 512 g/mol. The first kappa shape index (κ1) is 26.4. The van der Waals surface area contributed by atoms with Crippen LogP contribution >= 0.6 is 0 Å². The fourth-order valence-corrected chi connectivity index (χ4v) is 4.12. The topological polar surface area (TPSA) is 145 Å². The second-order valence-corrected chi connectivity index (χ2v) is 9.02. The summed E-state index contributed by atoms with van der Waals surface area (Å²) in [7, 11) is 5.37. The number of methoxy groups -OCH3 is 1. The number of nitrogens with two attached hydrogens (primary N) is 1. The molecule has 1 saturated heterocycles. The van der Waals surface area contributed by atoms with Crippen molar-refractivity contribution < 1.29 is 18.3 Å². The minimum atomic E-state index is -2.91. The van der Waals surface area contributed by atoms with E-state index >= 15 is 0 Å². The molecule has 39 heavy (non-hydrogen) atoms. The molecule has 0 atom stereocenters. The lowest BCUT2D eigenvalue weighted by Crippen LogP contribution is -2.37. The third-order valence-electron chi connectivity index (χ3n) is 6.07. The second-order valence-electron chi connectivity index (χ2n) is 9.02. The maximum Gasteiger partial charge on any atom is 0.296 e. The Labute approximate surface area is 223 Å². The number of fused-ring (bicyclic) bond motifs is 1. The monoisotopic (exact) mass is 541 g/mol. The first-order valence-electron chi connectivity index (χ1n) is 12.3. The van der Waals surface area contributed by atoms with Crippen LogP contribution in [0.25, 0.3) is 28.5 Å². The molecule has 0 saturated carbocycles. The Hall–Kier alpha value is -4.24. The highest BCUT2D eigenvalue weighted by atomic mass is 19.3. The number of alkyl halides is 2. The summed E-state index contributed by atoms with van der Waals surface area (Å²) in [5.74, 6) is 0.505. The van der Waals surface area contributed by atoms with Crippen molar-refractivity contribution in [3.63, 3.8) is 0 Å². The molecule has 206 valence electrons. The molecule has 3 aromatic heterocycles. The Morgan fingerprint density at radius 2 is 1.87 bits per heavy atom. The number of halogens is 2. The van der Waals surface area contributed by atoms with Crippen molar-refractivity contribution in [1.82, 2.24) is 39.4 Å². The van der Waals surface area contributed by atoms with Gasteiger partial charge in [-0.3, -0.25) is 4.57 Å². The van der Waals surface area contributed by atoms with Crippen LogP contribution < -0.4 is 20.7 Å². The number of likely N-dealkylation sites (N-methyl/N-ethyl adjacent to an activating group) is 1. The predicted octanol–water partition coefficient (Wildman–Crippen LogP) is 2.01. The fourth-order valence-electron chi connectivity index (χ4n) is 4.12. The molecule has 0 spiro atoms. The van der Waals surface area contributed by atoms with Crippen LogP contribution in [-0.2, 0) is 4.74 Å². The third-order valence-corrected chi connectivity index (χ3v) is 6.07. The summed E-state index contributed by atoms with van der Waals surface area (Å²) in [5.41, 5.74) is 7.35. The summed E-state index contributed by atoms with van der Waals surface area (Å²) in [4.78, 5) is 30.7. The van der Waals surface area contributed by atoms with Gasteiger partial charge in [-0.25, -0.2) is 23.7 Å². The number of rotatable bonds is 9. The molecule has 0 aliphatic carbocycles. The number of morpholine rings is 1. The molecule has 0 radical (unpaired) electrons. The van der Waals surface area contributed by atoms with Gasteiger partial charge < -0.3 is 30.3 Å². The number of hydrogen-bond acceptors (Lipinski definition) is 12. The van der Waals surface area contributed by atoms with Crippen LogP contribution in [0.4, 0.5) is 26.4 Å². The van der Waals surface area contributed by atoms with Gasteiger partial charge in [0.1, 0.15) is 17.0 Å². The maximum atomic E-state index is 14.3. The lowest BCUT2D eigenvalue weighted by Gasteiger charge is -2.27. The van der Waals surface area contributed by atoms with E-state index in [1.165, 1.54) is 17.9 Å². The zero-order valence-electron chi connectivity index (χ0n) is 21.8. The van der Waals surface area contributed by atoms with Crippen LogP contribution in [-0.4, -0.2) is 100.0 Å². The summed E-state index contributed by atoms with van der Waals surface area (Å²) >= 11 is 0. The Morgan fingerprint density at radius 3 is 2.59 bits per heavy atom. The number of imidazole rings is 1. The molecule has 0 amide bonds. The highest BCUT2D eigenvalue weighted by Gasteiger charge is 2.26. The average molecular weight is 542 g/mol. The van der Waals surface area contributed by atoms with E-state index in [-0.39, 0.29) is 34.6 Å². The number of nitrogen functional groups attached to an aromatic ring is 1. The average Bonchev–Trinajstić information content (AvgIpc) is 3.34. The third kappa shape index (κ3) is 5.49. The van der Waals surface area contributed by atoms with Gasteiger partial charge in [0.25, 0.3) is 6.43 Å². The van der Waals surface area contributed by atoms with Crippen molar-refractivity contribution in [1.29, 1.82) is 0 Å². The number of nitrogens with one attached hydrogen (secondary N) is 1. The Balaban J connectivity index is 1.68. The summed E-state index contributed by atoms with van der Waals surface area (Å²) in [5, 5.41) is 3.15. The molecule has 1 aliphatic rings. The largest absolute Gasteiger partial charge is 0.494 e. The van der Waals surface area contributed by atoms with Gasteiger partial charge in [0, 0.05) is 26.2 Å². The summed E-state index contributed by atoms with van der Waals surface area (Å²) < 4.78 is 40.6. The van der Waals surface area contributed by atoms with Crippen LogP contribution in [0.5, 0.6) is 5.75 Å². The molecular formula is C24H29F2N11O2. The van der Waals surface area contributed by atoms with Gasteiger partial charge in [-0.05, 0) is 26.2 Å². The normalized spacial score (nSPS) is 14.0. The van der Waals surface area contributed by atoms with Crippen molar-refractivity contribution >= 4 is 28.6 Å². The molecule has 1 aliphatic heterocycles. The van der Waals surface area contributed by atoms with Crippen LogP contribution in [0, 0.1) is 0 Å². The number of aromatic nitrogens is 7. The van der Waals surface area contributed by atoms with E-state index in [4.69, 9.17) is 15.2 Å². The van der Waals surface area contributed by atoms with Gasteiger partial charge in [0.05, 0.1) is 37.7 Å². The maximum absolute atomic E-state index is 14.3. The van der Waals surface area contributed by atoms with Crippen molar-refractivity contribution in [2.24, 2.45) is 0 Å². The minimum Gasteiger partial charge on any atom is -0.494 e. The summed E-state index contributed by atoms with van der Waals surface area (Å²) in [6, 6.07) is 4.99. The van der Waals surface area contributed by atoms with Crippen molar-refractivity contribution in [2.75, 3.05) is 76.5 Å². The SMILES string of the molecule is COc1cccc2c1nc(C(F)F)n2-c1nc(-c2nc(NCCN(C)C)ncc2N)nc(N2CCOCC2)n1. The van der Waals surface area contributed by atoms with Crippen LogP contribution in [0.3, 0.4) is 0 Å². The molecule has 5 rings (SSSR count). The number of nitrogens with zero attached hydrogens (tertiary/aromatic N) is 9. The fraction of sp³-hybridized carbons (Fsp3) is 0.417. The first-order valence-corrected chi connectivity index (χ1v) is 12.3. The number of hydrogen-bond donors (Lipinski definition) is 2. The van der Waals surface area contributed by atoms with E-state index in [0.717, 1.165) is 6.54 Å². The quantitative estimate of drug-likeness (QED) is 0.320. The molecule has 0 bridgehead atoms. The number of anilines is 3. The van der Waals surface area contributed by atoms with Crippen molar-refractivity contribution in [3.05, 3.63) is 30.2 Å². The second kappa shape index (κ2) is 11.2. The molecule has 0 unspecified atom stereocenters. The summed E-state index contributed by atoms with van der Waals surface area (Å²) in [6.45, 7) is 3.32. The van der Waals surface area contributed by atoms with Crippen molar-refractivity contribution in [3.8, 4) is 23.2 Å². The van der Waals surface area contributed by atoms with E-state index in [0.29, 0.717) is 50.1 Å². The van der Waals surface area contributed by atoms with E-state index < -0.39 is 12.2 Å². The Kier molecular flexibility index (Phi) is 7.60. The van der Waals surface area contributed by atoms with E-state index in [2.05, 4.69) is 35.2 Å². The molecule has 1 fully saturated rings. The lowest BCUT2D eigenvalue weighted by atomic mass is 10.3. The van der Waals surface area contributed by atoms with E-state index in [1.807, 2.05) is 23.9 Å². The predicted molar refractivity (Wildman–Crippen MR) is 141 cm³/mol. The molecule has 4 aromatic rings. The Bertz CT molecular complexity index is 1460. The van der Waals surface area contributed by atoms with Gasteiger partial charge in [0.15, 0.2) is 11.6 Å². The van der Waals surface area contributed by atoms with Crippen LogP contribution in [0.1, 0.15) is 12.2 Å². The smallest absolute Gasteiger partial charge is 0.296 e. The van der Waals surface area contributed by atoms with Crippen molar-refractivity contribution in [2.45, 2.75) is 6.43 Å². The van der Waals surface area contributed by atoms with Gasteiger partial charge >= 0.3 is 0 Å². The zero-order chi connectivity index (χ0) is 27.5. The van der Waals surface area contributed by atoms with Crippen LogP contribution in [0.15, 0.2) is 24.4 Å². The molecule has 13 nitrogen and oxygen atoms in total. The molecule has 3 N–H and O–H groups in total. The molecule has 4 heterocycles. The standard InChI is InChI=1S/C24H29F2N11O2/c1-35(2)8-7-28-22-29-13-14(27)17(31-22)20-32-23(36-9-11-39-12-10-36)34-24(33-20)37-15-5-4-6-16(38-3)18(15)30-21(37)19(25)26/h4-6,13,19H,7-12,27H2,1-3H3,(H,28,29,31). The van der Waals surface area contributed by atoms with E-state index in [9.17, 15) is 8.78 Å².